The second-order valence-electron chi connectivity index (χ2n) is 4.36. The van der Waals surface area contributed by atoms with Gasteiger partial charge in [-0.3, -0.25) is 10.1 Å². The molecule has 0 spiro atoms. The van der Waals surface area contributed by atoms with Gasteiger partial charge in [0.05, 0.1) is 10.6 Å². The van der Waals surface area contributed by atoms with Gasteiger partial charge in [0, 0.05) is 24.5 Å². The predicted octanol–water partition coefficient (Wildman–Crippen LogP) is 3.47. The molecule has 2 aromatic heterocycles. The Kier molecular flexibility index (Phi) is 3.45. The summed E-state index contributed by atoms with van der Waals surface area (Å²) in [6.07, 6.45) is 3.76. The maximum absolute atomic E-state index is 10.7. The summed E-state index contributed by atoms with van der Waals surface area (Å²) in [7, 11) is 0. The topological polar surface area (TPSA) is 69.7 Å². The molecular formula is C14H10ClN3O3. The van der Waals surface area contributed by atoms with E-state index in [9.17, 15) is 10.1 Å². The minimum atomic E-state index is -0.534. The van der Waals surface area contributed by atoms with Gasteiger partial charge >= 0.3 is 0 Å². The first-order valence-electron chi connectivity index (χ1n) is 6.13. The Hall–Kier alpha value is -2.60. The van der Waals surface area contributed by atoms with Gasteiger partial charge in [0.1, 0.15) is 23.0 Å². The third kappa shape index (κ3) is 2.80. The zero-order valence-electron chi connectivity index (χ0n) is 10.8. The summed E-state index contributed by atoms with van der Waals surface area (Å²) < 4.78 is 7.44. The number of hydrogen-bond acceptors (Lipinski definition) is 4. The molecule has 3 aromatic rings. The van der Waals surface area contributed by atoms with Crippen LogP contribution in [0.1, 0.15) is 5.69 Å². The Morgan fingerprint density at radius 3 is 2.90 bits per heavy atom. The van der Waals surface area contributed by atoms with Crippen LogP contribution >= 0.6 is 11.6 Å². The van der Waals surface area contributed by atoms with E-state index < -0.39 is 4.92 Å². The number of pyridine rings is 1. The van der Waals surface area contributed by atoms with Crippen molar-refractivity contribution in [2.75, 3.05) is 0 Å². The number of ether oxygens (including phenoxy) is 1. The molecule has 21 heavy (non-hydrogen) atoms. The summed E-state index contributed by atoms with van der Waals surface area (Å²) in [5, 5.41) is 10.7. The molecule has 0 amide bonds. The smallest absolute Gasteiger partial charge is 0.288 e. The van der Waals surface area contributed by atoms with E-state index in [1.807, 2.05) is 35.0 Å². The number of nitro groups is 1. The Morgan fingerprint density at radius 2 is 2.19 bits per heavy atom. The highest BCUT2D eigenvalue weighted by molar-refractivity contribution is 6.32. The molecule has 1 aromatic carbocycles. The summed E-state index contributed by atoms with van der Waals surface area (Å²) >= 11 is 5.83. The molecule has 0 saturated heterocycles. The van der Waals surface area contributed by atoms with E-state index in [0.717, 1.165) is 11.3 Å². The number of rotatable bonds is 4. The lowest BCUT2D eigenvalue weighted by molar-refractivity contribution is -0.384. The lowest BCUT2D eigenvalue weighted by Crippen LogP contribution is -1.96. The third-order valence-electron chi connectivity index (χ3n) is 2.92. The fraction of sp³-hybridized carbons (Fsp3) is 0.0714. The van der Waals surface area contributed by atoms with Gasteiger partial charge in [-0.2, -0.15) is 0 Å². The van der Waals surface area contributed by atoms with Crippen LogP contribution in [0.5, 0.6) is 5.75 Å². The predicted molar refractivity (Wildman–Crippen MR) is 77.6 cm³/mol. The first-order valence-corrected chi connectivity index (χ1v) is 6.50. The average molecular weight is 304 g/mol. The van der Waals surface area contributed by atoms with E-state index in [0.29, 0.717) is 5.75 Å². The summed E-state index contributed by atoms with van der Waals surface area (Å²) in [6.45, 7) is 0.260. The van der Waals surface area contributed by atoms with Gasteiger partial charge in [0.2, 0.25) is 0 Å². The van der Waals surface area contributed by atoms with Crippen molar-refractivity contribution >= 4 is 22.9 Å². The maximum Gasteiger partial charge on any atom is 0.288 e. The number of imidazole rings is 1. The average Bonchev–Trinajstić information content (AvgIpc) is 2.87. The molecular weight excluding hydrogens is 294 g/mol. The first-order chi connectivity index (χ1) is 10.1. The van der Waals surface area contributed by atoms with Crippen LogP contribution in [-0.2, 0) is 6.61 Å². The molecule has 0 aliphatic carbocycles. The van der Waals surface area contributed by atoms with Gasteiger partial charge in [0.15, 0.2) is 0 Å². The highest BCUT2D eigenvalue weighted by Crippen LogP contribution is 2.28. The number of aromatic nitrogens is 2. The summed E-state index contributed by atoms with van der Waals surface area (Å²) in [4.78, 5) is 14.5. The monoisotopic (exact) mass is 303 g/mol. The second-order valence-corrected chi connectivity index (χ2v) is 4.76. The van der Waals surface area contributed by atoms with E-state index in [2.05, 4.69) is 4.98 Å². The highest BCUT2D eigenvalue weighted by Gasteiger charge is 2.12. The standard InChI is InChI=1S/C14H10ClN3O3/c15-12-7-11(4-5-13(12)18(19)20)21-9-10-8-17-6-2-1-3-14(17)16-10/h1-8H,9H2. The van der Waals surface area contributed by atoms with Crippen molar-refractivity contribution in [3.05, 3.63) is 69.6 Å². The number of fused-ring (bicyclic) bond motifs is 1. The van der Waals surface area contributed by atoms with Crippen molar-refractivity contribution in [1.29, 1.82) is 0 Å². The van der Waals surface area contributed by atoms with E-state index in [1.165, 1.54) is 18.2 Å². The number of halogens is 1. The third-order valence-corrected chi connectivity index (χ3v) is 3.22. The van der Waals surface area contributed by atoms with Crippen LogP contribution in [0.25, 0.3) is 5.65 Å². The highest BCUT2D eigenvalue weighted by atomic mass is 35.5. The van der Waals surface area contributed by atoms with Gasteiger partial charge < -0.3 is 9.14 Å². The molecule has 6 nitrogen and oxygen atoms in total. The largest absolute Gasteiger partial charge is 0.487 e. The number of nitrogens with zero attached hydrogens (tertiary/aromatic N) is 3. The fourth-order valence-corrected chi connectivity index (χ4v) is 2.18. The van der Waals surface area contributed by atoms with Gasteiger partial charge in [0.25, 0.3) is 5.69 Å². The van der Waals surface area contributed by atoms with Crippen LogP contribution in [-0.4, -0.2) is 14.3 Å². The summed E-state index contributed by atoms with van der Waals surface area (Å²) in [6, 6.07) is 9.97. The van der Waals surface area contributed by atoms with Gasteiger partial charge in [-0.1, -0.05) is 17.7 Å². The van der Waals surface area contributed by atoms with Crippen LogP contribution in [0.15, 0.2) is 48.8 Å². The van der Waals surface area contributed by atoms with Crippen LogP contribution < -0.4 is 4.74 Å². The molecule has 0 saturated carbocycles. The summed E-state index contributed by atoms with van der Waals surface area (Å²) in [5.41, 5.74) is 1.45. The van der Waals surface area contributed by atoms with Gasteiger partial charge in [-0.15, -0.1) is 0 Å². The van der Waals surface area contributed by atoms with Crippen LogP contribution in [0.2, 0.25) is 5.02 Å². The van der Waals surface area contributed by atoms with Crippen LogP contribution in [0.4, 0.5) is 5.69 Å². The number of hydrogen-bond donors (Lipinski definition) is 0. The molecule has 0 aliphatic rings. The summed E-state index contributed by atoms with van der Waals surface area (Å²) in [5.74, 6) is 0.461. The molecule has 3 rings (SSSR count). The van der Waals surface area contributed by atoms with Crippen molar-refractivity contribution in [2.24, 2.45) is 0 Å². The van der Waals surface area contributed by atoms with E-state index in [-0.39, 0.29) is 17.3 Å². The Labute approximate surface area is 124 Å². The molecule has 0 atom stereocenters. The SMILES string of the molecule is O=[N+]([O-])c1ccc(OCc2cn3ccccc3n2)cc1Cl. The molecule has 0 unspecified atom stereocenters. The van der Waals surface area contributed by atoms with Crippen molar-refractivity contribution in [3.8, 4) is 5.75 Å². The van der Waals surface area contributed by atoms with E-state index in [4.69, 9.17) is 16.3 Å². The van der Waals surface area contributed by atoms with Crippen molar-refractivity contribution < 1.29 is 9.66 Å². The van der Waals surface area contributed by atoms with E-state index in [1.54, 1.807) is 0 Å². The molecule has 7 heteroatoms. The normalized spacial score (nSPS) is 10.7. The lowest BCUT2D eigenvalue weighted by atomic mass is 10.3. The minimum Gasteiger partial charge on any atom is -0.487 e. The fourth-order valence-electron chi connectivity index (χ4n) is 1.94. The molecule has 106 valence electrons. The minimum absolute atomic E-state index is 0.0486. The molecule has 0 fully saturated rings. The van der Waals surface area contributed by atoms with Gasteiger partial charge in [-0.05, 0) is 18.2 Å². The van der Waals surface area contributed by atoms with Crippen LogP contribution in [0, 0.1) is 10.1 Å². The number of nitro benzene ring substituents is 1. The van der Waals surface area contributed by atoms with Gasteiger partial charge in [-0.25, -0.2) is 4.98 Å². The van der Waals surface area contributed by atoms with Crippen molar-refractivity contribution in [1.82, 2.24) is 9.38 Å². The molecule has 0 aliphatic heterocycles. The maximum atomic E-state index is 10.7. The van der Waals surface area contributed by atoms with Crippen molar-refractivity contribution in [3.63, 3.8) is 0 Å². The van der Waals surface area contributed by atoms with Crippen molar-refractivity contribution in [2.45, 2.75) is 6.61 Å². The van der Waals surface area contributed by atoms with E-state index >= 15 is 0 Å². The van der Waals surface area contributed by atoms with Crippen LogP contribution in [0.3, 0.4) is 0 Å². The lowest BCUT2D eigenvalue weighted by Gasteiger charge is -2.04. The second kappa shape index (κ2) is 5.41. The Morgan fingerprint density at radius 1 is 1.33 bits per heavy atom. The molecule has 2 heterocycles. The molecule has 0 bridgehead atoms. The Bertz CT molecular complexity index is 783. The quantitative estimate of drug-likeness (QED) is 0.546. The number of benzene rings is 1. The zero-order valence-corrected chi connectivity index (χ0v) is 11.5. The first kappa shape index (κ1) is 13.4. The zero-order chi connectivity index (χ0) is 14.8. The Balaban J connectivity index is 1.75. The molecule has 0 N–H and O–H groups in total. The molecule has 0 radical (unpaired) electrons.